The monoisotopic (exact) mass is 354 g/mol. The second-order valence-electron chi connectivity index (χ2n) is 5.46. The van der Waals surface area contributed by atoms with Crippen LogP contribution in [-0.2, 0) is 0 Å². The number of ether oxygens (including phenoxy) is 1. The molecule has 0 fully saturated rings. The maximum atomic E-state index is 12.1. The van der Waals surface area contributed by atoms with Gasteiger partial charge in [-0.05, 0) is 55.3 Å². The van der Waals surface area contributed by atoms with Gasteiger partial charge in [-0.2, -0.15) is 0 Å². The molecule has 2 amide bonds. The van der Waals surface area contributed by atoms with Gasteiger partial charge in [0.1, 0.15) is 11.6 Å². The van der Waals surface area contributed by atoms with E-state index in [1.807, 2.05) is 44.2 Å². The average molecular weight is 354 g/mol. The van der Waals surface area contributed by atoms with Crippen LogP contribution in [0.3, 0.4) is 0 Å². The molecule has 128 valence electrons. The number of aryl methyl sites for hydroxylation is 2. The van der Waals surface area contributed by atoms with Gasteiger partial charge < -0.3 is 4.74 Å². The third kappa shape index (κ3) is 4.13. The Morgan fingerprint density at radius 1 is 1.08 bits per heavy atom. The molecule has 2 heterocycles. The second-order valence-corrected chi connectivity index (χ2v) is 6.46. The Bertz CT molecular complexity index is 873. The largest absolute Gasteiger partial charge is 0.497 e. The number of nitrogens with zero attached hydrogens (tertiary/aromatic N) is 2. The smallest absolute Gasteiger partial charge is 0.326 e. The zero-order valence-electron chi connectivity index (χ0n) is 14.2. The van der Waals surface area contributed by atoms with Crippen LogP contribution in [0.1, 0.15) is 11.3 Å². The normalized spacial score (nSPS) is 10.4. The molecule has 0 atom stereocenters. The van der Waals surface area contributed by atoms with Crippen LogP contribution in [0.5, 0.6) is 5.75 Å². The highest BCUT2D eigenvalue weighted by atomic mass is 32.1. The number of rotatable bonds is 4. The molecule has 7 heteroatoms. The molecular weight excluding hydrogens is 336 g/mol. The predicted molar refractivity (Wildman–Crippen MR) is 100 cm³/mol. The molecule has 0 aliphatic carbocycles. The van der Waals surface area contributed by atoms with Crippen molar-refractivity contribution in [2.24, 2.45) is 0 Å². The Morgan fingerprint density at radius 2 is 1.84 bits per heavy atom. The molecule has 25 heavy (non-hydrogen) atoms. The van der Waals surface area contributed by atoms with Gasteiger partial charge in [0, 0.05) is 6.20 Å². The minimum atomic E-state index is -0.369. The first-order valence-electron chi connectivity index (χ1n) is 7.67. The number of hydrogen-bond donors (Lipinski definition) is 2. The first kappa shape index (κ1) is 16.9. The van der Waals surface area contributed by atoms with Gasteiger partial charge in [0.25, 0.3) is 0 Å². The standard InChI is InChI=1S/C18H18N4O2S/c1-11-4-9-15(19-10-11)21-17(23)22-18-20-12(2)16(25-18)13-5-7-14(24-3)8-6-13/h4-10H,1-3H3,(H2,19,20,21,22,23). The first-order valence-corrected chi connectivity index (χ1v) is 8.49. The molecule has 3 rings (SSSR count). The third-order valence-electron chi connectivity index (χ3n) is 3.52. The number of hydrogen-bond acceptors (Lipinski definition) is 5. The summed E-state index contributed by atoms with van der Waals surface area (Å²) in [7, 11) is 1.64. The number of carbonyl (C=O) groups excluding carboxylic acids is 1. The van der Waals surface area contributed by atoms with Gasteiger partial charge in [0.05, 0.1) is 17.7 Å². The summed E-state index contributed by atoms with van der Waals surface area (Å²) in [5, 5.41) is 5.98. The molecule has 0 unspecified atom stereocenters. The van der Waals surface area contributed by atoms with Gasteiger partial charge in [0.2, 0.25) is 0 Å². The second kappa shape index (κ2) is 7.31. The minimum Gasteiger partial charge on any atom is -0.497 e. The number of pyridine rings is 1. The van der Waals surface area contributed by atoms with E-state index in [9.17, 15) is 4.79 Å². The van der Waals surface area contributed by atoms with Crippen molar-refractivity contribution < 1.29 is 9.53 Å². The summed E-state index contributed by atoms with van der Waals surface area (Å²) in [6.07, 6.45) is 1.70. The van der Waals surface area contributed by atoms with E-state index in [0.29, 0.717) is 10.9 Å². The lowest BCUT2D eigenvalue weighted by molar-refractivity contribution is 0.262. The molecule has 0 radical (unpaired) electrons. The van der Waals surface area contributed by atoms with E-state index in [0.717, 1.165) is 27.4 Å². The van der Waals surface area contributed by atoms with E-state index in [1.165, 1.54) is 11.3 Å². The topological polar surface area (TPSA) is 76.1 Å². The van der Waals surface area contributed by atoms with Gasteiger partial charge in [-0.3, -0.25) is 10.6 Å². The molecular formula is C18H18N4O2S. The number of urea groups is 1. The fraction of sp³-hybridized carbons (Fsp3) is 0.167. The highest BCUT2D eigenvalue weighted by Gasteiger charge is 2.12. The average Bonchev–Trinajstić information content (AvgIpc) is 2.97. The van der Waals surface area contributed by atoms with Crippen LogP contribution < -0.4 is 15.4 Å². The van der Waals surface area contributed by atoms with Gasteiger partial charge >= 0.3 is 6.03 Å². The van der Waals surface area contributed by atoms with Crippen molar-refractivity contribution in [1.82, 2.24) is 9.97 Å². The van der Waals surface area contributed by atoms with Gasteiger partial charge in [-0.1, -0.05) is 17.4 Å². The van der Waals surface area contributed by atoms with Crippen LogP contribution in [-0.4, -0.2) is 23.1 Å². The van der Waals surface area contributed by atoms with E-state index >= 15 is 0 Å². The number of anilines is 2. The quantitative estimate of drug-likeness (QED) is 0.724. The van der Waals surface area contributed by atoms with Crippen LogP contribution in [0, 0.1) is 13.8 Å². The van der Waals surface area contributed by atoms with Crippen molar-refractivity contribution in [3.63, 3.8) is 0 Å². The van der Waals surface area contributed by atoms with Crippen molar-refractivity contribution in [1.29, 1.82) is 0 Å². The summed E-state index contributed by atoms with van der Waals surface area (Å²) >= 11 is 1.42. The van der Waals surface area contributed by atoms with E-state index < -0.39 is 0 Å². The zero-order valence-corrected chi connectivity index (χ0v) is 15.0. The van der Waals surface area contributed by atoms with Crippen LogP contribution in [0.2, 0.25) is 0 Å². The molecule has 2 aromatic heterocycles. The highest BCUT2D eigenvalue weighted by molar-refractivity contribution is 7.19. The van der Waals surface area contributed by atoms with Crippen molar-refractivity contribution in [2.75, 3.05) is 17.7 Å². The van der Waals surface area contributed by atoms with Gasteiger partial charge in [0.15, 0.2) is 5.13 Å². The number of thiazole rings is 1. The van der Waals surface area contributed by atoms with E-state index in [4.69, 9.17) is 4.74 Å². The highest BCUT2D eigenvalue weighted by Crippen LogP contribution is 2.33. The first-order chi connectivity index (χ1) is 12.0. The lowest BCUT2D eigenvalue weighted by Gasteiger charge is -2.04. The van der Waals surface area contributed by atoms with Gasteiger partial charge in [-0.25, -0.2) is 14.8 Å². The van der Waals surface area contributed by atoms with E-state index in [1.54, 1.807) is 19.4 Å². The number of nitrogens with one attached hydrogen (secondary N) is 2. The molecule has 6 nitrogen and oxygen atoms in total. The Labute approximate surface area is 149 Å². The van der Waals surface area contributed by atoms with Crippen molar-refractivity contribution in [3.8, 4) is 16.2 Å². The summed E-state index contributed by atoms with van der Waals surface area (Å²) in [5.74, 6) is 1.29. The third-order valence-corrected chi connectivity index (χ3v) is 4.64. The van der Waals surface area contributed by atoms with Crippen molar-refractivity contribution in [2.45, 2.75) is 13.8 Å². The predicted octanol–water partition coefficient (Wildman–Crippen LogP) is 4.47. The Hall–Kier alpha value is -2.93. The molecule has 0 saturated heterocycles. The lowest BCUT2D eigenvalue weighted by atomic mass is 10.1. The zero-order chi connectivity index (χ0) is 17.8. The maximum absolute atomic E-state index is 12.1. The SMILES string of the molecule is COc1ccc(-c2sc(NC(=O)Nc3ccc(C)cn3)nc2C)cc1. The molecule has 0 spiro atoms. The molecule has 0 aliphatic rings. The van der Waals surface area contributed by atoms with E-state index in [2.05, 4.69) is 20.6 Å². The summed E-state index contributed by atoms with van der Waals surface area (Å²) in [4.78, 5) is 21.7. The molecule has 0 bridgehead atoms. The number of benzene rings is 1. The summed E-state index contributed by atoms with van der Waals surface area (Å²) < 4.78 is 5.17. The maximum Gasteiger partial charge on any atom is 0.326 e. The van der Waals surface area contributed by atoms with Crippen LogP contribution in [0.4, 0.5) is 15.7 Å². The Kier molecular flexibility index (Phi) is 4.95. The molecule has 0 aliphatic heterocycles. The van der Waals surface area contributed by atoms with E-state index in [-0.39, 0.29) is 6.03 Å². The lowest BCUT2D eigenvalue weighted by Crippen LogP contribution is -2.19. The molecule has 0 saturated carbocycles. The number of amides is 2. The van der Waals surface area contributed by atoms with Gasteiger partial charge in [-0.15, -0.1) is 0 Å². The molecule has 3 aromatic rings. The fourth-order valence-electron chi connectivity index (χ4n) is 2.25. The Balaban J connectivity index is 1.71. The molecule has 2 N–H and O–H groups in total. The van der Waals surface area contributed by atoms with Crippen LogP contribution in [0.25, 0.3) is 10.4 Å². The van der Waals surface area contributed by atoms with Crippen molar-refractivity contribution in [3.05, 3.63) is 53.9 Å². The van der Waals surface area contributed by atoms with Crippen LogP contribution >= 0.6 is 11.3 Å². The minimum absolute atomic E-state index is 0.369. The number of carbonyl (C=O) groups is 1. The van der Waals surface area contributed by atoms with Crippen LogP contribution in [0.15, 0.2) is 42.6 Å². The number of methoxy groups -OCH3 is 1. The summed E-state index contributed by atoms with van der Waals surface area (Å²) in [5.41, 5.74) is 2.93. The number of aromatic nitrogens is 2. The Morgan fingerprint density at radius 3 is 2.48 bits per heavy atom. The van der Waals surface area contributed by atoms with Crippen molar-refractivity contribution >= 4 is 28.3 Å². The summed E-state index contributed by atoms with van der Waals surface area (Å²) in [6.45, 7) is 3.86. The fourth-order valence-corrected chi connectivity index (χ4v) is 3.21. The molecule has 1 aromatic carbocycles. The summed E-state index contributed by atoms with van der Waals surface area (Å²) in [6, 6.07) is 11.0.